The van der Waals surface area contributed by atoms with Crippen LogP contribution in [0.1, 0.15) is 59.3 Å². The monoisotopic (exact) mass is 186 g/mol. The van der Waals surface area contributed by atoms with Gasteiger partial charge in [0.15, 0.2) is 0 Å². The molecule has 1 atom stereocenters. The molecule has 0 rings (SSSR count). The van der Waals surface area contributed by atoms with Crippen LogP contribution in [0, 0.1) is 5.41 Å². The first-order valence-corrected chi connectivity index (χ1v) is 5.55. The fourth-order valence-corrected chi connectivity index (χ4v) is 1.60. The topological polar surface area (TPSA) is 52.0 Å². The van der Waals surface area contributed by atoms with E-state index in [-0.39, 0.29) is 6.17 Å². The molecule has 13 heavy (non-hydrogen) atoms. The zero-order valence-corrected chi connectivity index (χ0v) is 9.47. The molecule has 2 heteroatoms. The van der Waals surface area contributed by atoms with Crippen molar-refractivity contribution in [1.29, 1.82) is 0 Å². The molecule has 0 aliphatic heterocycles. The Morgan fingerprint density at radius 3 is 2.15 bits per heavy atom. The summed E-state index contributed by atoms with van der Waals surface area (Å²) in [5.74, 6) is 0. The van der Waals surface area contributed by atoms with E-state index in [4.69, 9.17) is 11.5 Å². The van der Waals surface area contributed by atoms with Gasteiger partial charge in [0, 0.05) is 0 Å². The van der Waals surface area contributed by atoms with Crippen molar-refractivity contribution in [2.45, 2.75) is 65.5 Å². The van der Waals surface area contributed by atoms with Crippen molar-refractivity contribution >= 4 is 0 Å². The number of unbranched alkanes of at least 4 members (excludes halogenated alkanes) is 1. The summed E-state index contributed by atoms with van der Waals surface area (Å²) in [6.07, 6.45) is 7.14. The maximum Gasteiger partial charge on any atom is 0.0521 e. The van der Waals surface area contributed by atoms with Gasteiger partial charge in [0.25, 0.3) is 0 Å². The first kappa shape index (κ1) is 12.9. The molecule has 0 spiro atoms. The van der Waals surface area contributed by atoms with Crippen molar-refractivity contribution < 1.29 is 0 Å². The SMILES string of the molecule is CCCCC(C)(CC)CCC(N)N. The predicted molar refractivity (Wildman–Crippen MR) is 59.3 cm³/mol. The zero-order chi connectivity index (χ0) is 10.3. The normalized spacial score (nSPS) is 16.2. The summed E-state index contributed by atoms with van der Waals surface area (Å²) in [7, 11) is 0. The molecule has 0 saturated carbocycles. The van der Waals surface area contributed by atoms with Crippen LogP contribution < -0.4 is 11.5 Å². The van der Waals surface area contributed by atoms with Gasteiger partial charge in [-0.05, 0) is 24.7 Å². The maximum absolute atomic E-state index is 5.56. The Morgan fingerprint density at radius 1 is 1.15 bits per heavy atom. The summed E-state index contributed by atoms with van der Waals surface area (Å²) < 4.78 is 0. The van der Waals surface area contributed by atoms with Gasteiger partial charge in [0.05, 0.1) is 6.17 Å². The van der Waals surface area contributed by atoms with Gasteiger partial charge >= 0.3 is 0 Å². The molecule has 0 heterocycles. The minimum atomic E-state index is -0.132. The van der Waals surface area contributed by atoms with Crippen molar-refractivity contribution in [2.24, 2.45) is 16.9 Å². The highest BCUT2D eigenvalue weighted by molar-refractivity contribution is 4.73. The van der Waals surface area contributed by atoms with Crippen LogP contribution >= 0.6 is 0 Å². The van der Waals surface area contributed by atoms with Crippen molar-refractivity contribution in [3.05, 3.63) is 0 Å². The Balaban J connectivity index is 3.81. The molecular formula is C11H26N2. The molecule has 0 aromatic carbocycles. The van der Waals surface area contributed by atoms with Gasteiger partial charge in [-0.1, -0.05) is 40.0 Å². The molecule has 0 aliphatic rings. The first-order valence-electron chi connectivity index (χ1n) is 5.55. The van der Waals surface area contributed by atoms with Crippen molar-refractivity contribution in [3.8, 4) is 0 Å². The standard InChI is InChI=1S/C11H26N2/c1-4-6-8-11(3,5-2)9-7-10(12)13/h10H,4-9,12-13H2,1-3H3. The Hall–Kier alpha value is -0.0800. The second kappa shape index (κ2) is 6.39. The molecule has 0 radical (unpaired) electrons. The lowest BCUT2D eigenvalue weighted by Crippen LogP contribution is -2.32. The van der Waals surface area contributed by atoms with Gasteiger partial charge in [-0.15, -0.1) is 0 Å². The molecule has 0 saturated heterocycles. The van der Waals surface area contributed by atoms with E-state index in [1.165, 1.54) is 32.1 Å². The summed E-state index contributed by atoms with van der Waals surface area (Å²) in [6, 6.07) is 0. The third-order valence-corrected chi connectivity index (χ3v) is 3.07. The summed E-state index contributed by atoms with van der Waals surface area (Å²) in [4.78, 5) is 0. The Morgan fingerprint density at radius 2 is 1.77 bits per heavy atom. The van der Waals surface area contributed by atoms with Gasteiger partial charge in [-0.2, -0.15) is 0 Å². The third-order valence-electron chi connectivity index (χ3n) is 3.07. The van der Waals surface area contributed by atoms with Gasteiger partial charge in [-0.3, -0.25) is 0 Å². The zero-order valence-electron chi connectivity index (χ0n) is 9.47. The van der Waals surface area contributed by atoms with E-state index in [0.29, 0.717) is 5.41 Å². The Kier molecular flexibility index (Phi) is 6.35. The summed E-state index contributed by atoms with van der Waals surface area (Å²) in [6.45, 7) is 6.85. The maximum atomic E-state index is 5.56. The van der Waals surface area contributed by atoms with Gasteiger partial charge in [-0.25, -0.2) is 0 Å². The van der Waals surface area contributed by atoms with Crippen LogP contribution in [0.5, 0.6) is 0 Å². The van der Waals surface area contributed by atoms with E-state index < -0.39 is 0 Å². The van der Waals surface area contributed by atoms with E-state index in [2.05, 4.69) is 20.8 Å². The average Bonchev–Trinajstić information content (AvgIpc) is 2.11. The van der Waals surface area contributed by atoms with Gasteiger partial charge in [0.1, 0.15) is 0 Å². The molecule has 0 aliphatic carbocycles. The minimum absolute atomic E-state index is 0.132. The third kappa shape index (κ3) is 6.05. The van der Waals surface area contributed by atoms with Crippen LogP contribution in [0.15, 0.2) is 0 Å². The van der Waals surface area contributed by atoms with Crippen LogP contribution in [0.2, 0.25) is 0 Å². The molecule has 2 nitrogen and oxygen atoms in total. The molecule has 1 unspecified atom stereocenters. The van der Waals surface area contributed by atoms with Crippen molar-refractivity contribution in [3.63, 3.8) is 0 Å². The molecule has 0 fully saturated rings. The second-order valence-corrected chi connectivity index (χ2v) is 4.47. The summed E-state index contributed by atoms with van der Waals surface area (Å²) in [5, 5.41) is 0. The van der Waals surface area contributed by atoms with Crippen LogP contribution in [-0.2, 0) is 0 Å². The van der Waals surface area contributed by atoms with Crippen LogP contribution in [0.4, 0.5) is 0 Å². The van der Waals surface area contributed by atoms with E-state index in [1.807, 2.05) is 0 Å². The van der Waals surface area contributed by atoms with E-state index in [0.717, 1.165) is 6.42 Å². The largest absolute Gasteiger partial charge is 0.316 e. The summed E-state index contributed by atoms with van der Waals surface area (Å²) >= 11 is 0. The van der Waals surface area contributed by atoms with Crippen LogP contribution in [0.3, 0.4) is 0 Å². The second-order valence-electron chi connectivity index (χ2n) is 4.47. The van der Waals surface area contributed by atoms with Gasteiger partial charge < -0.3 is 11.5 Å². The molecule has 0 bridgehead atoms. The fourth-order valence-electron chi connectivity index (χ4n) is 1.60. The smallest absolute Gasteiger partial charge is 0.0521 e. The van der Waals surface area contributed by atoms with E-state index in [1.54, 1.807) is 0 Å². The highest BCUT2D eigenvalue weighted by Gasteiger charge is 2.21. The molecule has 0 aromatic rings. The molecule has 4 N–H and O–H groups in total. The first-order chi connectivity index (χ1) is 6.04. The average molecular weight is 186 g/mol. The number of hydrogen-bond donors (Lipinski definition) is 2. The highest BCUT2D eigenvalue weighted by Crippen LogP contribution is 2.33. The lowest BCUT2D eigenvalue weighted by Gasteiger charge is -2.28. The van der Waals surface area contributed by atoms with Crippen molar-refractivity contribution in [2.75, 3.05) is 0 Å². The number of hydrogen-bond acceptors (Lipinski definition) is 2. The number of nitrogens with two attached hydrogens (primary N) is 2. The lowest BCUT2D eigenvalue weighted by molar-refractivity contribution is 0.240. The molecular weight excluding hydrogens is 160 g/mol. The fraction of sp³-hybridized carbons (Fsp3) is 1.00. The molecule has 0 aromatic heterocycles. The van der Waals surface area contributed by atoms with E-state index in [9.17, 15) is 0 Å². The Labute approximate surface area is 83.1 Å². The minimum Gasteiger partial charge on any atom is -0.316 e. The highest BCUT2D eigenvalue weighted by atomic mass is 14.8. The van der Waals surface area contributed by atoms with Crippen LogP contribution in [-0.4, -0.2) is 6.17 Å². The molecule has 0 amide bonds. The van der Waals surface area contributed by atoms with Crippen LogP contribution in [0.25, 0.3) is 0 Å². The van der Waals surface area contributed by atoms with Gasteiger partial charge in [0.2, 0.25) is 0 Å². The lowest BCUT2D eigenvalue weighted by atomic mass is 9.78. The quantitative estimate of drug-likeness (QED) is 0.600. The molecule has 80 valence electrons. The number of rotatable bonds is 7. The van der Waals surface area contributed by atoms with Crippen molar-refractivity contribution in [1.82, 2.24) is 0 Å². The predicted octanol–water partition coefficient (Wildman–Crippen LogP) is 2.62. The Bertz CT molecular complexity index is 123. The van der Waals surface area contributed by atoms with E-state index >= 15 is 0 Å². The summed E-state index contributed by atoms with van der Waals surface area (Å²) in [5.41, 5.74) is 11.6.